The van der Waals surface area contributed by atoms with Crippen LogP contribution in [0.15, 0.2) is 0 Å². The van der Waals surface area contributed by atoms with Crippen molar-refractivity contribution in [3.63, 3.8) is 0 Å². The van der Waals surface area contributed by atoms with Crippen molar-refractivity contribution in [3.8, 4) is 12.1 Å². The summed E-state index contributed by atoms with van der Waals surface area (Å²) in [5, 5.41) is 32.4. The van der Waals surface area contributed by atoms with Gasteiger partial charge in [-0.25, -0.2) is 9.78 Å². The molecule has 1 amide bonds. The van der Waals surface area contributed by atoms with Gasteiger partial charge in [-0.15, -0.1) is 0 Å². The van der Waals surface area contributed by atoms with E-state index >= 15 is 0 Å². The number of pyridine rings is 1. The molecule has 9 heteroatoms. The third-order valence-electron chi connectivity index (χ3n) is 4.41. The normalized spacial score (nSPS) is 19.1. The molecule has 1 saturated heterocycles. The molecule has 1 atom stereocenters. The number of aromatic nitrogens is 1. The lowest BCUT2D eigenvalue weighted by Crippen LogP contribution is -2.46. The van der Waals surface area contributed by atoms with Crippen LogP contribution in [0.1, 0.15) is 50.8 Å². The second kappa shape index (κ2) is 8.22. The molecule has 1 unspecified atom stereocenters. The van der Waals surface area contributed by atoms with Crippen LogP contribution in [0.4, 0.5) is 10.6 Å². The third-order valence-corrected chi connectivity index (χ3v) is 4.68. The van der Waals surface area contributed by atoms with Crippen molar-refractivity contribution in [1.29, 1.82) is 10.5 Å². The fourth-order valence-electron chi connectivity index (χ4n) is 3.14. The highest BCUT2D eigenvalue weighted by molar-refractivity contribution is 6.30. The molecule has 1 aromatic heterocycles. The van der Waals surface area contributed by atoms with E-state index in [0.717, 1.165) is 0 Å². The Morgan fingerprint density at radius 1 is 1.39 bits per heavy atom. The molecule has 1 aliphatic heterocycles. The van der Waals surface area contributed by atoms with Crippen molar-refractivity contribution in [1.82, 2.24) is 10.3 Å². The van der Waals surface area contributed by atoms with Crippen molar-refractivity contribution in [3.05, 3.63) is 21.8 Å². The molecule has 2 heterocycles. The van der Waals surface area contributed by atoms with Gasteiger partial charge in [0.2, 0.25) is 0 Å². The SMILES string of the molecule is CCc1c(C#N)c(Cl)nc(N2CCC(O)(CNC(=O)OC(C)(C)C)C2)c1C#N. The summed E-state index contributed by atoms with van der Waals surface area (Å²) in [6, 6.07) is 4.11. The predicted molar refractivity (Wildman–Crippen MR) is 104 cm³/mol. The molecule has 2 rings (SSSR count). The van der Waals surface area contributed by atoms with Gasteiger partial charge in [0, 0.05) is 13.1 Å². The second-order valence-corrected chi connectivity index (χ2v) is 8.14. The van der Waals surface area contributed by atoms with Crippen LogP contribution >= 0.6 is 11.6 Å². The molecule has 1 aliphatic rings. The first-order valence-electron chi connectivity index (χ1n) is 9.00. The van der Waals surface area contributed by atoms with E-state index in [9.17, 15) is 20.4 Å². The van der Waals surface area contributed by atoms with E-state index in [1.54, 1.807) is 25.7 Å². The summed E-state index contributed by atoms with van der Waals surface area (Å²) in [5.41, 5.74) is -0.797. The van der Waals surface area contributed by atoms with Gasteiger partial charge in [0.25, 0.3) is 0 Å². The minimum atomic E-state index is -1.20. The molecule has 0 aromatic carbocycles. The molecule has 0 saturated carbocycles. The Kier molecular flexibility index (Phi) is 6.38. The van der Waals surface area contributed by atoms with Crippen LogP contribution in [-0.4, -0.2) is 47.0 Å². The van der Waals surface area contributed by atoms with E-state index in [1.165, 1.54) is 0 Å². The number of hydrogen-bond acceptors (Lipinski definition) is 7. The average Bonchev–Trinajstić information content (AvgIpc) is 3.00. The zero-order valence-corrected chi connectivity index (χ0v) is 17.2. The first-order chi connectivity index (χ1) is 13.0. The van der Waals surface area contributed by atoms with E-state index in [0.29, 0.717) is 30.8 Å². The monoisotopic (exact) mass is 405 g/mol. The van der Waals surface area contributed by atoms with Crippen molar-refractivity contribution < 1.29 is 14.6 Å². The van der Waals surface area contributed by atoms with Gasteiger partial charge in [-0.3, -0.25) is 0 Å². The Labute approximate surface area is 169 Å². The van der Waals surface area contributed by atoms with Crippen molar-refractivity contribution in [2.45, 2.75) is 51.7 Å². The molecule has 28 heavy (non-hydrogen) atoms. The Balaban J connectivity index is 2.20. The molecule has 0 aliphatic carbocycles. The van der Waals surface area contributed by atoms with Crippen LogP contribution in [0.2, 0.25) is 5.15 Å². The van der Waals surface area contributed by atoms with Gasteiger partial charge >= 0.3 is 6.09 Å². The first-order valence-corrected chi connectivity index (χ1v) is 9.38. The fraction of sp³-hybridized carbons (Fsp3) is 0.579. The van der Waals surface area contributed by atoms with Crippen molar-refractivity contribution in [2.75, 3.05) is 24.5 Å². The number of halogens is 1. The Morgan fingerprint density at radius 2 is 2.04 bits per heavy atom. The highest BCUT2D eigenvalue weighted by Gasteiger charge is 2.38. The lowest BCUT2D eigenvalue weighted by atomic mass is 10.0. The van der Waals surface area contributed by atoms with Crippen LogP contribution in [0.3, 0.4) is 0 Å². The van der Waals surface area contributed by atoms with Crippen LogP contribution < -0.4 is 10.2 Å². The van der Waals surface area contributed by atoms with Crippen LogP contribution in [0.5, 0.6) is 0 Å². The quantitative estimate of drug-likeness (QED) is 0.737. The number of nitrogens with zero attached hydrogens (tertiary/aromatic N) is 4. The number of nitriles is 2. The first kappa shape index (κ1) is 21.7. The highest BCUT2D eigenvalue weighted by Crippen LogP contribution is 2.33. The number of aliphatic hydroxyl groups is 1. The summed E-state index contributed by atoms with van der Waals surface area (Å²) in [5.74, 6) is 0.344. The van der Waals surface area contributed by atoms with Gasteiger partial charge < -0.3 is 20.1 Å². The third kappa shape index (κ3) is 4.83. The average molecular weight is 406 g/mol. The van der Waals surface area contributed by atoms with Gasteiger partial charge in [0.1, 0.15) is 34.3 Å². The fourth-order valence-corrected chi connectivity index (χ4v) is 3.37. The number of ether oxygens (including phenoxy) is 1. The molecule has 1 aromatic rings. The minimum absolute atomic E-state index is 0.00491. The Morgan fingerprint density at radius 3 is 2.57 bits per heavy atom. The van der Waals surface area contributed by atoms with Gasteiger partial charge in [-0.2, -0.15) is 10.5 Å². The maximum absolute atomic E-state index is 11.8. The smallest absolute Gasteiger partial charge is 0.407 e. The van der Waals surface area contributed by atoms with E-state index in [4.69, 9.17) is 16.3 Å². The molecule has 0 spiro atoms. The molecule has 0 bridgehead atoms. The standard InChI is InChI=1S/C19H24ClN5O3/c1-5-12-13(8-21)15(20)24-16(14(12)9-22)25-7-6-19(27,11-25)10-23-17(26)28-18(2,3)4/h27H,5-7,10-11H2,1-4H3,(H,23,26). The molecular formula is C19H24ClN5O3. The summed E-state index contributed by atoms with van der Waals surface area (Å²) in [6.07, 6.45) is 0.221. The number of alkyl carbamates (subject to hydrolysis) is 1. The number of hydrogen-bond donors (Lipinski definition) is 2. The maximum atomic E-state index is 11.8. The van der Waals surface area contributed by atoms with E-state index < -0.39 is 17.3 Å². The van der Waals surface area contributed by atoms with Gasteiger partial charge in [0.15, 0.2) is 0 Å². The molecule has 0 radical (unpaired) electrons. The highest BCUT2D eigenvalue weighted by atomic mass is 35.5. The molecule has 150 valence electrons. The minimum Gasteiger partial charge on any atom is -0.444 e. The number of anilines is 1. The molecule has 2 N–H and O–H groups in total. The summed E-state index contributed by atoms with van der Waals surface area (Å²) in [4.78, 5) is 17.8. The van der Waals surface area contributed by atoms with Gasteiger partial charge in [-0.1, -0.05) is 18.5 Å². The van der Waals surface area contributed by atoms with E-state index in [2.05, 4.69) is 16.4 Å². The second-order valence-electron chi connectivity index (χ2n) is 7.78. The number of rotatable bonds is 4. The van der Waals surface area contributed by atoms with E-state index in [-0.39, 0.29) is 29.4 Å². The number of carbonyl (C=O) groups is 1. The summed E-state index contributed by atoms with van der Waals surface area (Å²) < 4.78 is 5.18. The number of amides is 1. The molecular weight excluding hydrogens is 382 g/mol. The predicted octanol–water partition coefficient (Wildman–Crippen LogP) is 2.51. The van der Waals surface area contributed by atoms with E-state index in [1.807, 2.05) is 13.0 Å². The van der Waals surface area contributed by atoms with Crippen molar-refractivity contribution >= 4 is 23.5 Å². The topological polar surface area (TPSA) is 122 Å². The Bertz CT molecular complexity index is 853. The summed E-state index contributed by atoms with van der Waals surface area (Å²) >= 11 is 6.15. The van der Waals surface area contributed by atoms with Crippen molar-refractivity contribution in [2.24, 2.45) is 0 Å². The lowest BCUT2D eigenvalue weighted by Gasteiger charge is -2.26. The number of carbonyl (C=O) groups excluding carboxylic acids is 1. The van der Waals surface area contributed by atoms with Gasteiger partial charge in [-0.05, 0) is 39.2 Å². The zero-order valence-electron chi connectivity index (χ0n) is 16.5. The molecule has 8 nitrogen and oxygen atoms in total. The summed E-state index contributed by atoms with van der Waals surface area (Å²) in [7, 11) is 0. The lowest BCUT2D eigenvalue weighted by molar-refractivity contribution is 0.0344. The van der Waals surface area contributed by atoms with Crippen LogP contribution in [0, 0.1) is 22.7 Å². The zero-order chi connectivity index (χ0) is 21.1. The van der Waals surface area contributed by atoms with Gasteiger partial charge in [0.05, 0.1) is 17.7 Å². The maximum Gasteiger partial charge on any atom is 0.407 e. The summed E-state index contributed by atoms with van der Waals surface area (Å²) in [6.45, 7) is 7.71. The molecule has 1 fully saturated rings. The van der Waals surface area contributed by atoms with Crippen LogP contribution in [-0.2, 0) is 11.2 Å². The van der Waals surface area contributed by atoms with Crippen LogP contribution in [0.25, 0.3) is 0 Å². The number of β-amino-alcohol motifs (C(OH)–C–C–N with tert-alkyl or cyclic N) is 1. The largest absolute Gasteiger partial charge is 0.444 e. The number of nitrogens with one attached hydrogen (secondary N) is 1. The Hall–Kier alpha value is -2.55.